The van der Waals surface area contributed by atoms with E-state index in [0.29, 0.717) is 18.1 Å². The highest BCUT2D eigenvalue weighted by molar-refractivity contribution is 5.80. The van der Waals surface area contributed by atoms with E-state index < -0.39 is 0 Å². The van der Waals surface area contributed by atoms with Crippen LogP contribution in [0.4, 0.5) is 4.39 Å². The quantitative estimate of drug-likeness (QED) is 0.626. The van der Waals surface area contributed by atoms with E-state index in [9.17, 15) is 4.39 Å². The van der Waals surface area contributed by atoms with Crippen LogP contribution < -0.4 is 15.4 Å². The van der Waals surface area contributed by atoms with Gasteiger partial charge in [0.2, 0.25) is 0 Å². The van der Waals surface area contributed by atoms with Crippen molar-refractivity contribution in [1.29, 1.82) is 0 Å². The molecule has 4 atom stereocenters. The van der Waals surface area contributed by atoms with E-state index in [0.717, 1.165) is 24.6 Å². The van der Waals surface area contributed by atoms with E-state index in [1.54, 1.807) is 13.1 Å². The summed E-state index contributed by atoms with van der Waals surface area (Å²) in [7, 11) is 3.27. The van der Waals surface area contributed by atoms with Crippen LogP contribution in [0.3, 0.4) is 0 Å². The summed E-state index contributed by atoms with van der Waals surface area (Å²) in [4.78, 5) is 4.44. The van der Waals surface area contributed by atoms with Gasteiger partial charge in [-0.1, -0.05) is 18.9 Å². The Morgan fingerprint density at radius 3 is 2.81 bits per heavy atom. The summed E-state index contributed by atoms with van der Waals surface area (Å²) in [5.41, 5.74) is 1.14. The van der Waals surface area contributed by atoms with Gasteiger partial charge in [-0.3, -0.25) is 4.99 Å². The minimum Gasteiger partial charge on any atom is -0.494 e. The smallest absolute Gasteiger partial charge is 0.191 e. The fraction of sp³-hybridized carbons (Fsp3) is 0.667. The van der Waals surface area contributed by atoms with Crippen LogP contribution in [0.5, 0.6) is 5.75 Å². The first kappa shape index (κ1) is 18.5. The predicted molar refractivity (Wildman–Crippen MR) is 104 cm³/mol. The number of benzene rings is 1. The highest BCUT2D eigenvalue weighted by Crippen LogP contribution is 2.60. The molecule has 1 heterocycles. The molecule has 1 aromatic rings. The Kier molecular flexibility index (Phi) is 5.01. The molecular formula is C21H30FN3O2. The van der Waals surface area contributed by atoms with Gasteiger partial charge in [0, 0.05) is 31.0 Å². The SMILES string of the molecule is CN=C(NC(C)c1ccc(OC)c(F)c1)NC1C2CCOC2C12CCCC2. The lowest BCUT2D eigenvalue weighted by atomic mass is 9.54. The summed E-state index contributed by atoms with van der Waals surface area (Å²) in [6, 6.07) is 5.42. The molecule has 2 aliphatic carbocycles. The molecule has 1 spiro atoms. The zero-order valence-electron chi connectivity index (χ0n) is 16.4. The van der Waals surface area contributed by atoms with Crippen molar-refractivity contribution in [2.75, 3.05) is 20.8 Å². The summed E-state index contributed by atoms with van der Waals surface area (Å²) >= 11 is 0. The first-order valence-electron chi connectivity index (χ1n) is 10.0. The van der Waals surface area contributed by atoms with Crippen molar-refractivity contribution < 1.29 is 13.9 Å². The minimum atomic E-state index is -0.346. The van der Waals surface area contributed by atoms with Gasteiger partial charge in [0.15, 0.2) is 17.5 Å². The summed E-state index contributed by atoms with van der Waals surface area (Å²) in [6.07, 6.45) is 6.60. The lowest BCUT2D eigenvalue weighted by Gasteiger charge is -2.57. The Balaban J connectivity index is 1.44. The number of rotatable bonds is 4. The second-order valence-electron chi connectivity index (χ2n) is 8.14. The van der Waals surface area contributed by atoms with E-state index in [4.69, 9.17) is 9.47 Å². The summed E-state index contributed by atoms with van der Waals surface area (Å²) in [5, 5.41) is 7.11. The maximum atomic E-state index is 14.0. The normalized spacial score (nSPS) is 29.9. The number of ether oxygens (including phenoxy) is 2. The van der Waals surface area contributed by atoms with Crippen LogP contribution in [0.25, 0.3) is 0 Å². The summed E-state index contributed by atoms with van der Waals surface area (Å²) in [5.74, 6) is 1.27. The highest BCUT2D eigenvalue weighted by Gasteiger charge is 2.65. The van der Waals surface area contributed by atoms with Crippen LogP contribution in [-0.4, -0.2) is 38.9 Å². The van der Waals surface area contributed by atoms with Gasteiger partial charge in [-0.2, -0.15) is 0 Å². The average Bonchev–Trinajstić information content (AvgIpc) is 3.33. The topological polar surface area (TPSA) is 54.9 Å². The third-order valence-corrected chi connectivity index (χ3v) is 6.83. The Morgan fingerprint density at radius 2 is 2.15 bits per heavy atom. The van der Waals surface area contributed by atoms with Gasteiger partial charge >= 0.3 is 0 Å². The fourth-order valence-corrected chi connectivity index (χ4v) is 5.46. The van der Waals surface area contributed by atoms with Crippen molar-refractivity contribution in [2.45, 2.75) is 57.2 Å². The molecular weight excluding hydrogens is 345 g/mol. The predicted octanol–water partition coefficient (Wildman–Crippen LogP) is 3.41. The lowest BCUT2D eigenvalue weighted by molar-refractivity contribution is -0.125. The van der Waals surface area contributed by atoms with Crippen molar-refractivity contribution in [3.63, 3.8) is 0 Å². The van der Waals surface area contributed by atoms with Crippen LogP contribution in [0, 0.1) is 17.2 Å². The van der Waals surface area contributed by atoms with Crippen LogP contribution in [-0.2, 0) is 4.74 Å². The number of hydrogen-bond donors (Lipinski definition) is 2. The molecule has 1 aromatic carbocycles. The first-order chi connectivity index (χ1) is 13.1. The minimum absolute atomic E-state index is 0.0631. The van der Waals surface area contributed by atoms with Crippen LogP contribution in [0.2, 0.25) is 0 Å². The summed E-state index contributed by atoms with van der Waals surface area (Å²) < 4.78 is 25.1. The van der Waals surface area contributed by atoms with Gasteiger partial charge in [0.25, 0.3) is 0 Å². The first-order valence-corrected chi connectivity index (χ1v) is 10.0. The Bertz CT molecular complexity index is 717. The van der Waals surface area contributed by atoms with Crippen molar-refractivity contribution in [1.82, 2.24) is 10.6 Å². The number of halogens is 1. The van der Waals surface area contributed by atoms with E-state index in [2.05, 4.69) is 15.6 Å². The fourth-order valence-electron chi connectivity index (χ4n) is 5.46. The molecule has 0 amide bonds. The molecule has 6 heteroatoms. The number of nitrogens with one attached hydrogen (secondary N) is 2. The number of aliphatic imine (C=N–C) groups is 1. The summed E-state index contributed by atoms with van der Waals surface area (Å²) in [6.45, 7) is 2.89. The van der Waals surface area contributed by atoms with Gasteiger partial charge in [-0.05, 0) is 43.9 Å². The molecule has 4 unspecified atom stereocenters. The zero-order valence-corrected chi connectivity index (χ0v) is 16.4. The Labute approximate surface area is 160 Å². The molecule has 0 bridgehead atoms. The zero-order chi connectivity index (χ0) is 19.0. The molecule has 0 radical (unpaired) electrons. The van der Waals surface area contributed by atoms with Crippen molar-refractivity contribution in [3.05, 3.63) is 29.6 Å². The standard InChI is InChI=1S/C21H30FN3O2/c1-13(14-6-7-17(26-3)16(22)12-14)24-20(23-2)25-18-15-8-11-27-19(15)21(18)9-4-5-10-21/h6-7,12-13,15,18-19H,4-5,8-11H2,1-3H3,(H2,23,24,25). The van der Waals surface area contributed by atoms with E-state index in [1.165, 1.54) is 38.9 Å². The maximum Gasteiger partial charge on any atom is 0.191 e. The van der Waals surface area contributed by atoms with Crippen molar-refractivity contribution >= 4 is 5.96 Å². The second kappa shape index (κ2) is 7.30. The van der Waals surface area contributed by atoms with E-state index in [1.807, 2.05) is 13.0 Å². The van der Waals surface area contributed by atoms with Crippen molar-refractivity contribution in [2.24, 2.45) is 16.3 Å². The molecule has 5 nitrogen and oxygen atoms in total. The number of hydrogen-bond acceptors (Lipinski definition) is 3. The van der Waals surface area contributed by atoms with Gasteiger partial charge in [-0.15, -0.1) is 0 Å². The molecule has 3 fully saturated rings. The molecule has 2 saturated carbocycles. The van der Waals surface area contributed by atoms with Crippen LogP contribution >= 0.6 is 0 Å². The van der Waals surface area contributed by atoms with Gasteiger partial charge < -0.3 is 20.1 Å². The van der Waals surface area contributed by atoms with Crippen LogP contribution in [0.15, 0.2) is 23.2 Å². The van der Waals surface area contributed by atoms with Gasteiger partial charge in [-0.25, -0.2) is 4.39 Å². The molecule has 27 heavy (non-hydrogen) atoms. The second-order valence-corrected chi connectivity index (χ2v) is 8.14. The number of methoxy groups -OCH3 is 1. The van der Waals surface area contributed by atoms with E-state index >= 15 is 0 Å². The number of fused-ring (bicyclic) bond motifs is 2. The number of guanidine groups is 1. The largest absolute Gasteiger partial charge is 0.494 e. The highest BCUT2D eigenvalue weighted by atomic mass is 19.1. The molecule has 148 valence electrons. The van der Waals surface area contributed by atoms with Gasteiger partial charge in [0.05, 0.1) is 19.3 Å². The number of nitrogens with zero attached hydrogens (tertiary/aromatic N) is 1. The molecule has 1 aliphatic heterocycles. The average molecular weight is 375 g/mol. The molecule has 1 saturated heterocycles. The third-order valence-electron chi connectivity index (χ3n) is 6.83. The Hall–Kier alpha value is -1.82. The van der Waals surface area contributed by atoms with Crippen LogP contribution in [0.1, 0.15) is 50.6 Å². The monoisotopic (exact) mass is 375 g/mol. The molecule has 0 aromatic heterocycles. The maximum absolute atomic E-state index is 14.0. The van der Waals surface area contributed by atoms with E-state index in [-0.39, 0.29) is 23.0 Å². The third kappa shape index (κ3) is 3.08. The molecule has 4 rings (SSSR count). The Morgan fingerprint density at radius 1 is 1.37 bits per heavy atom. The van der Waals surface area contributed by atoms with Gasteiger partial charge in [0.1, 0.15) is 0 Å². The molecule has 2 N–H and O–H groups in total. The van der Waals surface area contributed by atoms with Crippen molar-refractivity contribution in [3.8, 4) is 5.75 Å². The molecule has 3 aliphatic rings. The lowest BCUT2D eigenvalue weighted by Crippen LogP contribution is -2.69.